The maximum atomic E-state index is 11.6. The zero-order chi connectivity index (χ0) is 14.7. The maximum absolute atomic E-state index is 11.6. The number of hydrogen-bond donors (Lipinski definition) is 0. The number of carbonyl (C=O) groups excluding carboxylic acids is 1. The van der Waals surface area contributed by atoms with Crippen LogP contribution in [0.2, 0.25) is 0 Å². The third-order valence-corrected chi connectivity index (χ3v) is 2.47. The first kappa shape index (κ1) is 13.7. The molecule has 1 aromatic carbocycles. The molecule has 0 N–H and O–H groups in total. The maximum Gasteiger partial charge on any atom is 0.358 e. The Kier molecular flexibility index (Phi) is 3.74. The summed E-state index contributed by atoms with van der Waals surface area (Å²) in [6.07, 6.45) is -0.302. The van der Waals surface area contributed by atoms with Crippen molar-refractivity contribution in [1.82, 2.24) is 4.98 Å². The van der Waals surface area contributed by atoms with Crippen molar-refractivity contribution in [2.75, 3.05) is 6.61 Å². The lowest BCUT2D eigenvalue weighted by molar-refractivity contribution is -0.384. The molecule has 0 saturated heterocycles. The van der Waals surface area contributed by atoms with Gasteiger partial charge in [0.1, 0.15) is 11.2 Å². The Hall–Kier alpha value is -2.77. The topological polar surface area (TPSA) is 113 Å². The molecule has 2 rings (SSSR count). The third-order valence-electron chi connectivity index (χ3n) is 2.47. The van der Waals surface area contributed by atoms with E-state index in [1.807, 2.05) is 0 Å². The van der Waals surface area contributed by atoms with Gasteiger partial charge in [0.15, 0.2) is 5.58 Å². The number of rotatable bonds is 4. The van der Waals surface area contributed by atoms with Crippen molar-refractivity contribution in [3.63, 3.8) is 0 Å². The van der Waals surface area contributed by atoms with Crippen LogP contribution in [-0.4, -0.2) is 22.5 Å². The number of nitrogens with zero attached hydrogens (tertiary/aromatic N) is 2. The van der Waals surface area contributed by atoms with Gasteiger partial charge in [0.05, 0.1) is 24.0 Å². The first-order valence-corrected chi connectivity index (χ1v) is 5.75. The molecule has 0 saturated carbocycles. The second-order valence-electron chi connectivity index (χ2n) is 3.84. The van der Waals surface area contributed by atoms with Crippen molar-refractivity contribution >= 4 is 22.8 Å². The van der Waals surface area contributed by atoms with Crippen LogP contribution in [0.4, 0.5) is 5.69 Å². The Morgan fingerprint density at radius 3 is 2.90 bits per heavy atom. The molecule has 2 aromatic rings. The summed E-state index contributed by atoms with van der Waals surface area (Å²) >= 11 is 0. The van der Waals surface area contributed by atoms with Crippen LogP contribution < -0.4 is 5.63 Å². The molecular weight excluding hydrogens is 268 g/mol. The van der Waals surface area contributed by atoms with Gasteiger partial charge in [0, 0.05) is 6.07 Å². The van der Waals surface area contributed by atoms with Crippen LogP contribution in [0.25, 0.3) is 11.1 Å². The first-order valence-electron chi connectivity index (χ1n) is 5.75. The van der Waals surface area contributed by atoms with E-state index in [1.165, 1.54) is 12.1 Å². The summed E-state index contributed by atoms with van der Waals surface area (Å²) < 4.78 is 9.65. The lowest BCUT2D eigenvalue weighted by Gasteiger charge is -2.02. The largest absolute Gasteiger partial charge is 0.466 e. The third kappa shape index (κ3) is 2.79. The molecule has 0 radical (unpaired) electrons. The van der Waals surface area contributed by atoms with Crippen LogP contribution in [0, 0.1) is 10.1 Å². The molecule has 8 nitrogen and oxygen atoms in total. The number of carbonyl (C=O) groups is 1. The molecule has 20 heavy (non-hydrogen) atoms. The van der Waals surface area contributed by atoms with Crippen molar-refractivity contribution in [2.45, 2.75) is 13.3 Å². The van der Waals surface area contributed by atoms with E-state index in [1.54, 1.807) is 6.92 Å². The van der Waals surface area contributed by atoms with Gasteiger partial charge in [-0.15, -0.1) is 0 Å². The van der Waals surface area contributed by atoms with Gasteiger partial charge in [-0.1, -0.05) is 0 Å². The van der Waals surface area contributed by atoms with Gasteiger partial charge in [0.25, 0.3) is 5.69 Å². The molecule has 0 spiro atoms. The molecule has 0 fully saturated rings. The molecule has 0 aliphatic heterocycles. The molecule has 0 bridgehead atoms. The van der Waals surface area contributed by atoms with Crippen LogP contribution in [0.15, 0.2) is 27.4 Å². The zero-order valence-electron chi connectivity index (χ0n) is 10.5. The van der Waals surface area contributed by atoms with Crippen molar-refractivity contribution in [2.24, 2.45) is 0 Å². The molecule has 104 valence electrons. The van der Waals surface area contributed by atoms with Gasteiger partial charge < -0.3 is 9.15 Å². The number of hydrogen-bond acceptors (Lipinski definition) is 7. The van der Waals surface area contributed by atoms with E-state index < -0.39 is 16.5 Å². The highest BCUT2D eigenvalue weighted by molar-refractivity contribution is 5.76. The Morgan fingerprint density at radius 2 is 2.25 bits per heavy atom. The van der Waals surface area contributed by atoms with Crippen LogP contribution >= 0.6 is 0 Å². The molecule has 0 amide bonds. The van der Waals surface area contributed by atoms with Gasteiger partial charge in [0.2, 0.25) is 0 Å². The Morgan fingerprint density at radius 1 is 1.50 bits per heavy atom. The van der Waals surface area contributed by atoms with E-state index in [0.717, 1.165) is 6.07 Å². The predicted octanol–water partition coefficient (Wildman–Crippen LogP) is 1.20. The van der Waals surface area contributed by atoms with Gasteiger partial charge in [-0.3, -0.25) is 14.9 Å². The average Bonchev–Trinajstić information content (AvgIpc) is 2.39. The van der Waals surface area contributed by atoms with E-state index in [4.69, 9.17) is 9.15 Å². The van der Waals surface area contributed by atoms with Crippen molar-refractivity contribution in [3.05, 3.63) is 44.4 Å². The number of benzene rings is 1. The van der Waals surface area contributed by atoms with Crippen LogP contribution in [0.3, 0.4) is 0 Å². The standard InChI is InChI=1S/C12H10N2O6/c1-2-19-11(15)6-9-12(16)20-10-5-7(14(17)18)3-4-8(10)13-9/h3-5H,2,6H2,1H3. The highest BCUT2D eigenvalue weighted by Gasteiger charge is 2.14. The summed E-state index contributed by atoms with van der Waals surface area (Å²) in [7, 11) is 0. The summed E-state index contributed by atoms with van der Waals surface area (Å²) in [5.74, 6) is -0.589. The second-order valence-corrected chi connectivity index (χ2v) is 3.84. The van der Waals surface area contributed by atoms with E-state index >= 15 is 0 Å². The summed E-state index contributed by atoms with van der Waals surface area (Å²) in [6.45, 7) is 1.84. The fraction of sp³-hybridized carbons (Fsp3) is 0.250. The number of fused-ring (bicyclic) bond motifs is 1. The molecular formula is C12H10N2O6. The molecule has 0 aliphatic carbocycles. The fourth-order valence-corrected chi connectivity index (χ4v) is 1.60. The summed E-state index contributed by atoms with van der Waals surface area (Å²) in [5.41, 5.74) is -0.859. The highest BCUT2D eigenvalue weighted by atomic mass is 16.6. The monoisotopic (exact) mass is 278 g/mol. The number of nitro benzene ring substituents is 1. The van der Waals surface area contributed by atoms with Crippen molar-refractivity contribution < 1.29 is 18.9 Å². The number of non-ortho nitro benzene ring substituents is 1. The quantitative estimate of drug-likeness (QED) is 0.469. The van der Waals surface area contributed by atoms with Gasteiger partial charge in [-0.05, 0) is 13.0 Å². The smallest absolute Gasteiger partial charge is 0.358 e. The predicted molar refractivity (Wildman–Crippen MR) is 67.3 cm³/mol. The number of esters is 1. The van der Waals surface area contributed by atoms with Crippen LogP contribution in [0.1, 0.15) is 12.6 Å². The lowest BCUT2D eigenvalue weighted by atomic mass is 10.2. The molecule has 1 aromatic heterocycles. The van der Waals surface area contributed by atoms with E-state index in [9.17, 15) is 19.7 Å². The zero-order valence-corrected chi connectivity index (χ0v) is 10.5. The number of nitro groups is 1. The molecule has 0 aliphatic rings. The normalized spacial score (nSPS) is 10.4. The van der Waals surface area contributed by atoms with Gasteiger partial charge in [-0.25, -0.2) is 9.78 Å². The molecule has 0 atom stereocenters. The van der Waals surface area contributed by atoms with Gasteiger partial charge in [-0.2, -0.15) is 0 Å². The van der Waals surface area contributed by atoms with E-state index in [0.29, 0.717) is 0 Å². The summed E-state index contributed by atoms with van der Waals surface area (Å²) in [5, 5.41) is 10.6. The summed E-state index contributed by atoms with van der Waals surface area (Å²) in [6, 6.07) is 3.70. The Labute approximate surface area is 112 Å². The molecule has 1 heterocycles. The lowest BCUT2D eigenvalue weighted by Crippen LogP contribution is -2.17. The Balaban J connectivity index is 2.43. The van der Waals surface area contributed by atoms with Crippen LogP contribution in [0.5, 0.6) is 0 Å². The van der Waals surface area contributed by atoms with Crippen molar-refractivity contribution in [1.29, 1.82) is 0 Å². The molecule has 0 unspecified atom stereocenters. The number of ether oxygens (including phenoxy) is 1. The van der Waals surface area contributed by atoms with E-state index in [2.05, 4.69) is 4.98 Å². The molecule has 8 heteroatoms. The van der Waals surface area contributed by atoms with E-state index in [-0.39, 0.29) is 35.5 Å². The Bertz CT molecular complexity index is 736. The second kappa shape index (κ2) is 5.47. The minimum atomic E-state index is -0.814. The SMILES string of the molecule is CCOC(=O)Cc1nc2ccc([N+](=O)[O-])cc2oc1=O. The minimum absolute atomic E-state index is 0.00295. The number of aromatic nitrogens is 1. The fourth-order valence-electron chi connectivity index (χ4n) is 1.60. The van der Waals surface area contributed by atoms with Crippen molar-refractivity contribution in [3.8, 4) is 0 Å². The highest BCUT2D eigenvalue weighted by Crippen LogP contribution is 2.18. The van der Waals surface area contributed by atoms with Gasteiger partial charge >= 0.3 is 11.6 Å². The minimum Gasteiger partial charge on any atom is -0.466 e. The first-order chi connectivity index (χ1) is 9.51. The average molecular weight is 278 g/mol. The summed E-state index contributed by atoms with van der Waals surface area (Å²) in [4.78, 5) is 36.9. The van der Waals surface area contributed by atoms with Crippen LogP contribution in [-0.2, 0) is 16.0 Å².